The van der Waals surface area contributed by atoms with E-state index in [1.54, 1.807) is 0 Å². The second-order valence-corrected chi connectivity index (χ2v) is 7.73. The van der Waals surface area contributed by atoms with Crippen LogP contribution in [0.15, 0.2) is 121 Å². The van der Waals surface area contributed by atoms with E-state index in [2.05, 4.69) is 121 Å². The maximum absolute atomic E-state index is 2.24. The van der Waals surface area contributed by atoms with Gasteiger partial charge in [0.2, 0.25) is 0 Å². The SMILES string of the molecule is C(/C=C/C=C1c2ccccc2-c2ccccc21)=C1c2ccccc2-c2ccccc21. The molecule has 6 rings (SSSR count). The highest BCUT2D eigenvalue weighted by Gasteiger charge is 2.22. The lowest BCUT2D eigenvalue weighted by atomic mass is 10.0. The first kappa shape index (κ1) is 17.0. The summed E-state index contributed by atoms with van der Waals surface area (Å²) in [6.07, 6.45) is 8.83. The van der Waals surface area contributed by atoms with E-state index in [-0.39, 0.29) is 0 Å². The van der Waals surface area contributed by atoms with Crippen molar-refractivity contribution in [2.24, 2.45) is 0 Å². The Morgan fingerprint density at radius 1 is 0.300 bits per heavy atom. The van der Waals surface area contributed by atoms with E-state index in [0.29, 0.717) is 0 Å². The maximum Gasteiger partial charge on any atom is -0.00990 e. The van der Waals surface area contributed by atoms with Gasteiger partial charge < -0.3 is 0 Å². The minimum absolute atomic E-state index is 1.29. The molecule has 30 heavy (non-hydrogen) atoms. The summed E-state index contributed by atoms with van der Waals surface area (Å²) in [7, 11) is 0. The Balaban J connectivity index is 1.41. The van der Waals surface area contributed by atoms with Gasteiger partial charge in [0.1, 0.15) is 0 Å². The minimum Gasteiger partial charge on any atom is -0.0616 e. The van der Waals surface area contributed by atoms with Crippen molar-refractivity contribution in [2.75, 3.05) is 0 Å². The summed E-state index contributed by atoms with van der Waals surface area (Å²) >= 11 is 0. The van der Waals surface area contributed by atoms with Crippen LogP contribution in [0.2, 0.25) is 0 Å². The molecule has 0 saturated heterocycles. The number of rotatable bonds is 2. The van der Waals surface area contributed by atoms with E-state index < -0.39 is 0 Å². The average Bonchev–Trinajstić information content (AvgIpc) is 3.30. The largest absolute Gasteiger partial charge is 0.0616 e. The van der Waals surface area contributed by atoms with Gasteiger partial charge in [0.15, 0.2) is 0 Å². The van der Waals surface area contributed by atoms with Crippen molar-refractivity contribution in [1.82, 2.24) is 0 Å². The van der Waals surface area contributed by atoms with E-state index in [4.69, 9.17) is 0 Å². The molecule has 4 aromatic carbocycles. The van der Waals surface area contributed by atoms with E-state index in [1.165, 1.54) is 55.7 Å². The van der Waals surface area contributed by atoms with Crippen LogP contribution >= 0.6 is 0 Å². The molecular formula is C30H20. The molecule has 0 aromatic heterocycles. The molecule has 0 saturated carbocycles. The first-order valence-electron chi connectivity index (χ1n) is 10.4. The molecule has 0 bridgehead atoms. The summed E-state index contributed by atoms with van der Waals surface area (Å²) in [5, 5.41) is 0. The van der Waals surface area contributed by atoms with E-state index in [1.807, 2.05) is 0 Å². The molecule has 0 fully saturated rings. The fraction of sp³-hybridized carbons (Fsp3) is 0. The molecule has 0 heterocycles. The lowest BCUT2D eigenvalue weighted by molar-refractivity contribution is 1.65. The Morgan fingerprint density at radius 3 is 0.800 bits per heavy atom. The van der Waals surface area contributed by atoms with Crippen LogP contribution in [0.3, 0.4) is 0 Å². The van der Waals surface area contributed by atoms with Gasteiger partial charge in [0.25, 0.3) is 0 Å². The number of hydrogen-bond donors (Lipinski definition) is 0. The Labute approximate surface area is 177 Å². The Kier molecular flexibility index (Phi) is 3.89. The van der Waals surface area contributed by atoms with Crippen molar-refractivity contribution >= 4 is 11.1 Å². The summed E-state index contributed by atoms with van der Waals surface area (Å²) in [5.74, 6) is 0. The zero-order chi connectivity index (χ0) is 19.9. The summed E-state index contributed by atoms with van der Waals surface area (Å²) in [6, 6.07) is 34.7. The summed E-state index contributed by atoms with van der Waals surface area (Å²) in [4.78, 5) is 0. The smallest absolute Gasteiger partial charge is 0.00990 e. The van der Waals surface area contributed by atoms with Gasteiger partial charge in [-0.2, -0.15) is 0 Å². The molecule has 0 amide bonds. The topological polar surface area (TPSA) is 0 Å². The first-order chi connectivity index (χ1) is 14.9. The van der Waals surface area contributed by atoms with E-state index in [0.717, 1.165) is 0 Å². The Morgan fingerprint density at radius 2 is 0.533 bits per heavy atom. The summed E-state index contributed by atoms with van der Waals surface area (Å²) in [6.45, 7) is 0. The zero-order valence-corrected chi connectivity index (χ0v) is 16.5. The molecule has 140 valence electrons. The lowest BCUT2D eigenvalue weighted by Gasteiger charge is -2.01. The van der Waals surface area contributed by atoms with E-state index >= 15 is 0 Å². The molecule has 0 atom stereocenters. The van der Waals surface area contributed by atoms with Crippen molar-refractivity contribution < 1.29 is 0 Å². The Hall–Kier alpha value is -3.90. The predicted molar refractivity (Wildman–Crippen MR) is 127 cm³/mol. The number of allylic oxidation sites excluding steroid dienone is 4. The normalized spacial score (nSPS) is 13.1. The van der Waals surface area contributed by atoms with Crippen LogP contribution in [-0.2, 0) is 0 Å². The molecule has 4 aromatic rings. The second-order valence-electron chi connectivity index (χ2n) is 7.73. The molecule has 2 aliphatic rings. The molecule has 0 heteroatoms. The van der Waals surface area contributed by atoms with Crippen LogP contribution in [-0.4, -0.2) is 0 Å². The third-order valence-electron chi connectivity index (χ3n) is 6.09. The quantitative estimate of drug-likeness (QED) is 0.288. The van der Waals surface area contributed by atoms with Crippen molar-refractivity contribution in [3.05, 3.63) is 144 Å². The molecule has 0 aliphatic heterocycles. The van der Waals surface area contributed by atoms with Crippen molar-refractivity contribution in [3.8, 4) is 22.3 Å². The first-order valence-corrected chi connectivity index (χ1v) is 10.4. The van der Waals surface area contributed by atoms with Gasteiger partial charge in [0.05, 0.1) is 0 Å². The molecule has 0 N–H and O–H groups in total. The molecule has 0 nitrogen and oxygen atoms in total. The van der Waals surface area contributed by atoms with Crippen LogP contribution in [0.25, 0.3) is 33.4 Å². The van der Waals surface area contributed by atoms with Crippen LogP contribution in [0.5, 0.6) is 0 Å². The van der Waals surface area contributed by atoms with Crippen molar-refractivity contribution in [3.63, 3.8) is 0 Å². The van der Waals surface area contributed by atoms with Gasteiger partial charge in [-0.15, -0.1) is 0 Å². The van der Waals surface area contributed by atoms with Crippen LogP contribution in [0.1, 0.15) is 22.3 Å². The third-order valence-corrected chi connectivity index (χ3v) is 6.09. The number of benzene rings is 4. The highest BCUT2D eigenvalue weighted by molar-refractivity contribution is 6.02. The zero-order valence-electron chi connectivity index (χ0n) is 16.5. The monoisotopic (exact) mass is 380 g/mol. The minimum atomic E-state index is 1.29. The van der Waals surface area contributed by atoms with Crippen LogP contribution < -0.4 is 0 Å². The van der Waals surface area contributed by atoms with Gasteiger partial charge in [-0.05, 0) is 55.7 Å². The molecule has 0 unspecified atom stereocenters. The van der Waals surface area contributed by atoms with Crippen molar-refractivity contribution in [2.45, 2.75) is 0 Å². The molecule has 0 spiro atoms. The molecule has 2 aliphatic carbocycles. The molecular weight excluding hydrogens is 360 g/mol. The van der Waals surface area contributed by atoms with Crippen LogP contribution in [0, 0.1) is 0 Å². The number of fused-ring (bicyclic) bond motifs is 6. The van der Waals surface area contributed by atoms with Gasteiger partial charge in [-0.3, -0.25) is 0 Å². The highest BCUT2D eigenvalue weighted by Crippen LogP contribution is 2.45. The van der Waals surface area contributed by atoms with Crippen LogP contribution in [0.4, 0.5) is 0 Å². The second kappa shape index (κ2) is 6.86. The third kappa shape index (κ3) is 2.54. The standard InChI is InChI=1S/C30H20/c1-5-15-25-21(11-1)22-12-2-6-16-26(22)29(25)19-9-10-20-30-27-17-7-3-13-23(27)24-14-4-8-18-28(24)30/h1-20H/b10-9+. The predicted octanol–water partition coefficient (Wildman–Crippen LogP) is 7.77. The van der Waals surface area contributed by atoms with E-state index in [9.17, 15) is 0 Å². The average molecular weight is 380 g/mol. The van der Waals surface area contributed by atoms with Gasteiger partial charge >= 0.3 is 0 Å². The summed E-state index contributed by atoms with van der Waals surface area (Å²) in [5.41, 5.74) is 13.1. The Bertz CT molecular complexity index is 1180. The van der Waals surface area contributed by atoms with Gasteiger partial charge in [-0.1, -0.05) is 121 Å². The summed E-state index contributed by atoms with van der Waals surface area (Å²) < 4.78 is 0. The maximum atomic E-state index is 2.24. The fourth-order valence-corrected chi connectivity index (χ4v) is 4.76. The van der Waals surface area contributed by atoms with Gasteiger partial charge in [-0.25, -0.2) is 0 Å². The lowest BCUT2D eigenvalue weighted by Crippen LogP contribution is -1.80. The number of hydrogen-bond acceptors (Lipinski definition) is 0. The fourth-order valence-electron chi connectivity index (χ4n) is 4.76. The highest BCUT2D eigenvalue weighted by atomic mass is 14.3. The van der Waals surface area contributed by atoms with Crippen molar-refractivity contribution in [1.29, 1.82) is 0 Å². The molecule has 0 radical (unpaired) electrons. The van der Waals surface area contributed by atoms with Gasteiger partial charge in [0, 0.05) is 0 Å².